The summed E-state index contributed by atoms with van der Waals surface area (Å²) in [6, 6.07) is 9.76. The number of rotatable bonds is 5. The smallest absolute Gasteiger partial charge is 0.269 e. The predicted molar refractivity (Wildman–Crippen MR) is 81.9 cm³/mol. The van der Waals surface area contributed by atoms with Gasteiger partial charge in [0.25, 0.3) is 5.56 Å². The molecule has 0 spiro atoms. The van der Waals surface area contributed by atoms with Crippen LogP contribution in [0, 0.1) is 0 Å². The number of aromatic nitrogens is 2. The van der Waals surface area contributed by atoms with Crippen LogP contribution in [-0.2, 0) is 6.54 Å². The molecule has 1 aromatic carbocycles. The van der Waals surface area contributed by atoms with E-state index < -0.39 is 0 Å². The molecule has 2 aromatic rings. The van der Waals surface area contributed by atoms with E-state index in [0.29, 0.717) is 12.6 Å². The van der Waals surface area contributed by atoms with E-state index in [-0.39, 0.29) is 5.56 Å². The normalized spacial score (nSPS) is 14.5. The van der Waals surface area contributed by atoms with Crippen molar-refractivity contribution in [3.63, 3.8) is 0 Å². The molecule has 1 aliphatic rings. The van der Waals surface area contributed by atoms with Crippen molar-refractivity contribution in [3.8, 4) is 5.75 Å². The van der Waals surface area contributed by atoms with Crippen LogP contribution < -0.4 is 15.6 Å². The van der Waals surface area contributed by atoms with Gasteiger partial charge in [0.05, 0.1) is 25.5 Å². The van der Waals surface area contributed by atoms with Crippen molar-refractivity contribution in [1.29, 1.82) is 0 Å². The molecule has 21 heavy (non-hydrogen) atoms. The summed E-state index contributed by atoms with van der Waals surface area (Å²) in [7, 11) is 1.63. The van der Waals surface area contributed by atoms with Gasteiger partial charge in [0.1, 0.15) is 5.75 Å². The topological polar surface area (TPSA) is 56.1 Å². The van der Waals surface area contributed by atoms with Gasteiger partial charge in [-0.3, -0.25) is 4.79 Å². The van der Waals surface area contributed by atoms with Gasteiger partial charge in [-0.15, -0.1) is 0 Å². The molecule has 0 saturated heterocycles. The van der Waals surface area contributed by atoms with Crippen molar-refractivity contribution in [2.75, 3.05) is 12.4 Å². The molecule has 0 bridgehead atoms. The Morgan fingerprint density at radius 1 is 1.33 bits per heavy atom. The first-order chi connectivity index (χ1) is 10.2. The molecule has 0 atom stereocenters. The first kappa shape index (κ1) is 13.7. The Labute approximate surface area is 123 Å². The van der Waals surface area contributed by atoms with Crippen LogP contribution >= 0.6 is 0 Å². The molecule has 0 radical (unpaired) electrons. The minimum absolute atomic E-state index is 0.0878. The molecular weight excluding hydrogens is 266 g/mol. The molecule has 0 amide bonds. The molecular formula is C16H19N3O2. The number of hydrogen-bond donors (Lipinski definition) is 1. The molecule has 5 nitrogen and oxygen atoms in total. The van der Waals surface area contributed by atoms with E-state index in [1.165, 1.54) is 23.9 Å². The second-order valence-corrected chi connectivity index (χ2v) is 5.36. The summed E-state index contributed by atoms with van der Waals surface area (Å²) in [5, 5.41) is 7.57. The highest BCUT2D eigenvalue weighted by atomic mass is 16.5. The molecule has 1 aliphatic carbocycles. The van der Waals surface area contributed by atoms with E-state index in [1.807, 2.05) is 24.3 Å². The maximum atomic E-state index is 12.1. The number of hydrogen-bond acceptors (Lipinski definition) is 4. The van der Waals surface area contributed by atoms with Gasteiger partial charge in [-0.05, 0) is 37.0 Å². The molecule has 3 rings (SSSR count). The third-order valence-corrected chi connectivity index (χ3v) is 3.84. The van der Waals surface area contributed by atoms with Gasteiger partial charge in [0.15, 0.2) is 0 Å². The maximum Gasteiger partial charge on any atom is 0.269 e. The number of ether oxygens (including phenoxy) is 1. The zero-order chi connectivity index (χ0) is 14.7. The van der Waals surface area contributed by atoms with E-state index in [1.54, 1.807) is 19.4 Å². The molecule has 0 aliphatic heterocycles. The Bertz CT molecular complexity index is 660. The third-order valence-electron chi connectivity index (χ3n) is 3.84. The van der Waals surface area contributed by atoms with E-state index in [4.69, 9.17) is 4.74 Å². The van der Waals surface area contributed by atoms with Gasteiger partial charge >= 0.3 is 0 Å². The number of nitrogens with zero attached hydrogens (tertiary/aromatic N) is 2. The highest BCUT2D eigenvalue weighted by Gasteiger charge is 2.17. The molecule has 110 valence electrons. The molecule has 1 aromatic heterocycles. The quantitative estimate of drug-likeness (QED) is 0.915. The maximum absolute atomic E-state index is 12.1. The standard InChI is InChI=1S/C16H19N3O2/c1-21-15-7-5-12(6-8-15)11-19-16(20)9-14(10-17-19)18-13-3-2-4-13/h5-10,13,18H,2-4,11H2,1H3. The SMILES string of the molecule is COc1ccc(Cn2ncc(NC3CCC3)cc2=O)cc1. The van der Waals surface area contributed by atoms with Gasteiger partial charge in [-0.2, -0.15) is 5.10 Å². The molecule has 0 unspecified atom stereocenters. The van der Waals surface area contributed by atoms with Gasteiger partial charge in [-0.25, -0.2) is 4.68 Å². The fourth-order valence-corrected chi connectivity index (χ4v) is 2.32. The molecule has 5 heteroatoms. The highest BCUT2D eigenvalue weighted by molar-refractivity contribution is 5.40. The van der Waals surface area contributed by atoms with Crippen LogP contribution in [0.15, 0.2) is 41.3 Å². The van der Waals surface area contributed by atoms with E-state index in [2.05, 4.69) is 10.4 Å². The average molecular weight is 285 g/mol. The van der Waals surface area contributed by atoms with Crippen LogP contribution in [0.25, 0.3) is 0 Å². The van der Waals surface area contributed by atoms with Crippen LogP contribution in [0.3, 0.4) is 0 Å². The summed E-state index contributed by atoms with van der Waals surface area (Å²) in [6.45, 7) is 0.465. The lowest BCUT2D eigenvalue weighted by atomic mass is 9.93. The Balaban J connectivity index is 1.71. The molecule has 1 saturated carbocycles. The first-order valence-corrected chi connectivity index (χ1v) is 7.21. The largest absolute Gasteiger partial charge is 0.497 e. The second-order valence-electron chi connectivity index (χ2n) is 5.36. The van der Waals surface area contributed by atoms with Crippen molar-refractivity contribution < 1.29 is 4.74 Å². The molecule has 1 fully saturated rings. The van der Waals surface area contributed by atoms with Crippen molar-refractivity contribution in [3.05, 3.63) is 52.4 Å². The van der Waals surface area contributed by atoms with Crippen LogP contribution in [0.2, 0.25) is 0 Å². The predicted octanol–water partition coefficient (Wildman–Crippen LogP) is 2.26. The second kappa shape index (κ2) is 5.99. The molecule has 1 N–H and O–H groups in total. The van der Waals surface area contributed by atoms with Crippen molar-refractivity contribution in [2.24, 2.45) is 0 Å². The minimum atomic E-state index is -0.0878. The Morgan fingerprint density at radius 3 is 2.67 bits per heavy atom. The van der Waals surface area contributed by atoms with Crippen LogP contribution in [-0.4, -0.2) is 22.9 Å². The lowest BCUT2D eigenvalue weighted by Crippen LogP contribution is -2.29. The fourth-order valence-electron chi connectivity index (χ4n) is 2.32. The third kappa shape index (κ3) is 3.24. The van der Waals surface area contributed by atoms with Gasteiger partial charge in [0.2, 0.25) is 0 Å². The van der Waals surface area contributed by atoms with Gasteiger partial charge < -0.3 is 10.1 Å². The van der Waals surface area contributed by atoms with Gasteiger partial charge in [0, 0.05) is 12.1 Å². The van der Waals surface area contributed by atoms with E-state index in [9.17, 15) is 4.79 Å². The van der Waals surface area contributed by atoms with Crippen LogP contribution in [0.5, 0.6) is 5.75 Å². The minimum Gasteiger partial charge on any atom is -0.497 e. The average Bonchev–Trinajstić information content (AvgIpc) is 2.46. The van der Waals surface area contributed by atoms with Crippen LogP contribution in [0.1, 0.15) is 24.8 Å². The van der Waals surface area contributed by atoms with Crippen LogP contribution in [0.4, 0.5) is 5.69 Å². The summed E-state index contributed by atoms with van der Waals surface area (Å²) >= 11 is 0. The van der Waals surface area contributed by atoms with Crippen molar-refractivity contribution >= 4 is 5.69 Å². The molecule has 1 heterocycles. The summed E-state index contributed by atoms with van der Waals surface area (Å²) in [5.74, 6) is 0.805. The zero-order valence-electron chi connectivity index (χ0n) is 12.1. The lowest BCUT2D eigenvalue weighted by molar-refractivity contribution is 0.414. The fraction of sp³-hybridized carbons (Fsp3) is 0.375. The number of nitrogens with one attached hydrogen (secondary N) is 1. The summed E-state index contributed by atoms with van der Waals surface area (Å²) in [4.78, 5) is 12.1. The summed E-state index contributed by atoms with van der Waals surface area (Å²) < 4.78 is 6.59. The van der Waals surface area contributed by atoms with E-state index >= 15 is 0 Å². The van der Waals surface area contributed by atoms with Gasteiger partial charge in [-0.1, -0.05) is 12.1 Å². The number of anilines is 1. The summed E-state index contributed by atoms with van der Waals surface area (Å²) in [6.07, 6.45) is 5.34. The Hall–Kier alpha value is -2.30. The van der Waals surface area contributed by atoms with Crippen molar-refractivity contribution in [2.45, 2.75) is 31.8 Å². The summed E-state index contributed by atoms with van der Waals surface area (Å²) in [5.41, 5.74) is 1.75. The Kier molecular flexibility index (Phi) is 3.90. The van der Waals surface area contributed by atoms with Crippen molar-refractivity contribution in [1.82, 2.24) is 9.78 Å². The highest BCUT2D eigenvalue weighted by Crippen LogP contribution is 2.22. The lowest BCUT2D eigenvalue weighted by Gasteiger charge is -2.27. The number of methoxy groups -OCH3 is 1. The number of benzene rings is 1. The zero-order valence-corrected chi connectivity index (χ0v) is 12.1. The first-order valence-electron chi connectivity index (χ1n) is 7.21. The monoisotopic (exact) mass is 285 g/mol. The van der Waals surface area contributed by atoms with E-state index in [0.717, 1.165) is 17.0 Å². The Morgan fingerprint density at radius 2 is 2.10 bits per heavy atom.